The summed E-state index contributed by atoms with van der Waals surface area (Å²) in [7, 11) is 0. The van der Waals surface area contributed by atoms with E-state index in [1.54, 1.807) is 0 Å². The molecule has 1 heterocycles. The molecule has 0 N–H and O–H groups in total. The molecule has 1 nitrogen and oxygen atoms in total. The Morgan fingerprint density at radius 3 is 2.43 bits per heavy atom. The lowest BCUT2D eigenvalue weighted by atomic mass is 10.2. The van der Waals surface area contributed by atoms with Crippen LogP contribution in [-0.2, 0) is 0 Å². The van der Waals surface area contributed by atoms with Crippen molar-refractivity contribution in [3.8, 4) is 0 Å². The average molecular weight is 187 g/mol. The van der Waals surface area contributed by atoms with Crippen LogP contribution in [0.5, 0.6) is 0 Å². The first-order valence-electron chi connectivity index (χ1n) is 5.34. The Morgan fingerprint density at radius 2 is 1.79 bits per heavy atom. The van der Waals surface area contributed by atoms with Crippen LogP contribution in [0.3, 0.4) is 0 Å². The van der Waals surface area contributed by atoms with Crippen molar-refractivity contribution in [2.45, 2.75) is 19.8 Å². The predicted molar refractivity (Wildman–Crippen MR) is 60.9 cm³/mol. The van der Waals surface area contributed by atoms with Crippen LogP contribution in [0, 0.1) is 0 Å². The molecule has 1 heteroatoms. The van der Waals surface area contributed by atoms with Crippen molar-refractivity contribution in [1.29, 1.82) is 0 Å². The van der Waals surface area contributed by atoms with Crippen LogP contribution < -0.4 is 0 Å². The monoisotopic (exact) mass is 187 g/mol. The van der Waals surface area contributed by atoms with E-state index in [1.807, 2.05) is 0 Å². The highest BCUT2D eigenvalue weighted by atomic mass is 15.1. The van der Waals surface area contributed by atoms with E-state index in [0.717, 1.165) is 0 Å². The van der Waals surface area contributed by atoms with Crippen LogP contribution in [0.25, 0.3) is 6.08 Å². The molecule has 0 aliphatic carbocycles. The highest BCUT2D eigenvalue weighted by Crippen LogP contribution is 2.16. The summed E-state index contributed by atoms with van der Waals surface area (Å²) in [4.78, 5) is 2.47. The largest absolute Gasteiger partial charge is 0.375 e. The lowest BCUT2D eigenvalue weighted by Gasteiger charge is -2.17. The number of nitrogens with zero attached hydrogens (tertiary/aromatic N) is 1. The van der Waals surface area contributed by atoms with Crippen LogP contribution in [0.15, 0.2) is 36.0 Å². The minimum atomic E-state index is 1.23. The highest BCUT2D eigenvalue weighted by Gasteiger charge is 2.10. The predicted octanol–water partition coefficient (Wildman–Crippen LogP) is 3.14. The van der Waals surface area contributed by atoms with Crippen molar-refractivity contribution in [3.05, 3.63) is 41.6 Å². The van der Waals surface area contributed by atoms with Crippen LogP contribution in [0.4, 0.5) is 0 Å². The van der Waals surface area contributed by atoms with E-state index in [1.165, 1.54) is 37.2 Å². The van der Waals surface area contributed by atoms with Gasteiger partial charge in [-0.2, -0.15) is 0 Å². The van der Waals surface area contributed by atoms with Crippen LogP contribution >= 0.6 is 0 Å². The molecule has 1 fully saturated rings. The van der Waals surface area contributed by atoms with E-state index < -0.39 is 0 Å². The van der Waals surface area contributed by atoms with Gasteiger partial charge in [0, 0.05) is 18.8 Å². The van der Waals surface area contributed by atoms with Crippen molar-refractivity contribution in [2.24, 2.45) is 0 Å². The lowest BCUT2D eigenvalue weighted by molar-refractivity contribution is 0.431. The molecule has 2 rings (SSSR count). The highest BCUT2D eigenvalue weighted by molar-refractivity contribution is 5.51. The molecule has 0 unspecified atom stereocenters. The number of benzene rings is 1. The molecule has 0 spiro atoms. The number of likely N-dealkylation sites (tertiary alicyclic amines) is 1. The average Bonchev–Trinajstić information content (AvgIpc) is 2.72. The Labute approximate surface area is 86.1 Å². The minimum absolute atomic E-state index is 1.23. The third-order valence-electron chi connectivity index (χ3n) is 2.78. The molecular formula is C13H17N. The maximum atomic E-state index is 2.47. The molecule has 0 saturated carbocycles. The summed E-state index contributed by atoms with van der Waals surface area (Å²) in [6, 6.07) is 10.5. The van der Waals surface area contributed by atoms with Crippen molar-refractivity contribution < 1.29 is 0 Å². The van der Waals surface area contributed by atoms with Crippen LogP contribution in [-0.4, -0.2) is 18.0 Å². The van der Waals surface area contributed by atoms with Gasteiger partial charge in [0.25, 0.3) is 0 Å². The Balaban J connectivity index is 2.10. The standard InChI is InChI=1S/C13H17N/c1-12(14-9-5-6-10-14)11-13-7-3-2-4-8-13/h2-4,7-8,11H,5-6,9-10H2,1H3/b12-11-. The second kappa shape index (κ2) is 4.32. The molecule has 0 atom stereocenters. The Bertz CT molecular complexity index is 307. The summed E-state index contributed by atoms with van der Waals surface area (Å²) in [5.74, 6) is 0. The third-order valence-corrected chi connectivity index (χ3v) is 2.78. The summed E-state index contributed by atoms with van der Waals surface area (Å²) >= 11 is 0. The molecule has 1 saturated heterocycles. The quantitative estimate of drug-likeness (QED) is 0.687. The van der Waals surface area contributed by atoms with Crippen molar-refractivity contribution >= 4 is 6.08 Å². The van der Waals surface area contributed by atoms with E-state index >= 15 is 0 Å². The van der Waals surface area contributed by atoms with Gasteiger partial charge < -0.3 is 4.90 Å². The molecule has 1 aromatic rings. The second-order valence-electron chi connectivity index (χ2n) is 3.89. The molecule has 1 aromatic carbocycles. The molecule has 74 valence electrons. The van der Waals surface area contributed by atoms with Crippen molar-refractivity contribution in [3.63, 3.8) is 0 Å². The second-order valence-corrected chi connectivity index (χ2v) is 3.89. The zero-order valence-electron chi connectivity index (χ0n) is 8.74. The summed E-state index contributed by atoms with van der Waals surface area (Å²) in [6.45, 7) is 4.67. The molecule has 1 aliphatic heterocycles. The fourth-order valence-corrected chi connectivity index (χ4v) is 1.95. The van der Waals surface area contributed by atoms with Gasteiger partial charge in [0.05, 0.1) is 0 Å². The maximum Gasteiger partial charge on any atom is 0.0175 e. The molecule has 0 bridgehead atoms. The van der Waals surface area contributed by atoms with Gasteiger partial charge in [-0.1, -0.05) is 30.3 Å². The van der Waals surface area contributed by atoms with Gasteiger partial charge in [0.1, 0.15) is 0 Å². The Morgan fingerprint density at radius 1 is 1.14 bits per heavy atom. The first-order valence-corrected chi connectivity index (χ1v) is 5.34. The zero-order chi connectivity index (χ0) is 9.80. The summed E-state index contributed by atoms with van der Waals surface area (Å²) in [6.07, 6.45) is 4.96. The van der Waals surface area contributed by atoms with Crippen LogP contribution in [0.1, 0.15) is 25.3 Å². The number of rotatable bonds is 2. The van der Waals surface area contributed by atoms with Gasteiger partial charge in [-0.15, -0.1) is 0 Å². The lowest BCUT2D eigenvalue weighted by Crippen LogP contribution is -2.16. The molecule has 1 aliphatic rings. The van der Waals surface area contributed by atoms with E-state index in [2.05, 4.69) is 48.2 Å². The van der Waals surface area contributed by atoms with Gasteiger partial charge in [0.2, 0.25) is 0 Å². The zero-order valence-corrected chi connectivity index (χ0v) is 8.74. The first-order chi connectivity index (χ1) is 6.86. The normalized spacial score (nSPS) is 17.5. The van der Waals surface area contributed by atoms with Crippen LogP contribution in [0.2, 0.25) is 0 Å². The summed E-state index contributed by atoms with van der Waals surface area (Å²) < 4.78 is 0. The number of allylic oxidation sites excluding steroid dienone is 1. The van der Waals surface area contributed by atoms with Gasteiger partial charge in [-0.3, -0.25) is 0 Å². The Hall–Kier alpha value is -1.24. The van der Waals surface area contributed by atoms with E-state index in [4.69, 9.17) is 0 Å². The molecule has 0 amide bonds. The third kappa shape index (κ3) is 2.16. The minimum Gasteiger partial charge on any atom is -0.375 e. The van der Waals surface area contributed by atoms with Gasteiger partial charge in [0.15, 0.2) is 0 Å². The summed E-state index contributed by atoms with van der Waals surface area (Å²) in [5, 5.41) is 0. The molecular weight excluding hydrogens is 170 g/mol. The SMILES string of the molecule is C/C(=C/c1ccccc1)N1CCCC1. The fourth-order valence-electron chi connectivity index (χ4n) is 1.95. The smallest absolute Gasteiger partial charge is 0.0175 e. The van der Waals surface area contributed by atoms with Gasteiger partial charge in [-0.25, -0.2) is 0 Å². The maximum absolute atomic E-state index is 2.47. The molecule has 0 aromatic heterocycles. The van der Waals surface area contributed by atoms with E-state index in [-0.39, 0.29) is 0 Å². The number of hydrogen-bond acceptors (Lipinski definition) is 1. The van der Waals surface area contributed by atoms with E-state index in [9.17, 15) is 0 Å². The first kappa shape index (κ1) is 9.32. The fraction of sp³-hybridized carbons (Fsp3) is 0.385. The van der Waals surface area contributed by atoms with Gasteiger partial charge >= 0.3 is 0 Å². The topological polar surface area (TPSA) is 3.24 Å². The van der Waals surface area contributed by atoms with Crippen molar-refractivity contribution in [1.82, 2.24) is 4.90 Å². The molecule has 0 radical (unpaired) electrons. The Kier molecular flexibility index (Phi) is 2.87. The molecule has 14 heavy (non-hydrogen) atoms. The van der Waals surface area contributed by atoms with Crippen molar-refractivity contribution in [2.75, 3.05) is 13.1 Å². The van der Waals surface area contributed by atoms with Gasteiger partial charge in [-0.05, 0) is 31.4 Å². The number of hydrogen-bond donors (Lipinski definition) is 0. The van der Waals surface area contributed by atoms with E-state index in [0.29, 0.717) is 0 Å². The summed E-state index contributed by atoms with van der Waals surface area (Å²) in [5.41, 5.74) is 2.70.